The van der Waals surface area contributed by atoms with Crippen molar-refractivity contribution in [3.8, 4) is 0 Å². The second-order valence-corrected chi connectivity index (χ2v) is 7.13. The number of rotatable bonds is 5. The normalized spacial score (nSPS) is 20.0. The van der Waals surface area contributed by atoms with Crippen LogP contribution in [0.2, 0.25) is 0 Å². The van der Waals surface area contributed by atoms with Gasteiger partial charge in [-0.3, -0.25) is 9.48 Å². The van der Waals surface area contributed by atoms with E-state index in [4.69, 9.17) is 10.2 Å². The molecule has 21 heavy (non-hydrogen) atoms. The van der Waals surface area contributed by atoms with E-state index in [1.807, 2.05) is 0 Å². The standard InChI is InChI=1S/C12H19N3O5S/c1-8-12(9(2)15(13-8)6-11(17)18)21(19,20)14-4-3-10(5-14)7-16/h10,16H,3-7H2,1-2H3,(H,17,18). The molecule has 0 aromatic carbocycles. The summed E-state index contributed by atoms with van der Waals surface area (Å²) in [6.07, 6.45) is 0.622. The Morgan fingerprint density at radius 2 is 2.10 bits per heavy atom. The minimum atomic E-state index is -3.71. The fourth-order valence-corrected chi connectivity index (χ4v) is 4.53. The van der Waals surface area contributed by atoms with Crippen molar-refractivity contribution in [1.82, 2.24) is 14.1 Å². The SMILES string of the molecule is Cc1nn(CC(=O)O)c(C)c1S(=O)(=O)N1CCC(CO)C1. The average Bonchev–Trinajstić information content (AvgIpc) is 2.95. The third-order valence-corrected chi connectivity index (χ3v) is 5.82. The van der Waals surface area contributed by atoms with Crippen LogP contribution in [0.25, 0.3) is 0 Å². The van der Waals surface area contributed by atoms with Gasteiger partial charge in [0, 0.05) is 19.7 Å². The number of carboxylic acids is 1. The molecule has 1 aromatic rings. The fourth-order valence-electron chi connectivity index (χ4n) is 2.63. The first-order valence-electron chi connectivity index (χ1n) is 6.64. The third kappa shape index (κ3) is 2.94. The Kier molecular flexibility index (Phi) is 4.35. The molecule has 0 spiro atoms. The van der Waals surface area contributed by atoms with Crippen LogP contribution in [-0.2, 0) is 21.4 Å². The van der Waals surface area contributed by atoms with Gasteiger partial charge >= 0.3 is 5.97 Å². The van der Waals surface area contributed by atoms with Crippen LogP contribution in [-0.4, -0.2) is 58.4 Å². The molecular weight excluding hydrogens is 298 g/mol. The Morgan fingerprint density at radius 1 is 1.43 bits per heavy atom. The summed E-state index contributed by atoms with van der Waals surface area (Å²) >= 11 is 0. The largest absolute Gasteiger partial charge is 0.480 e. The molecule has 1 atom stereocenters. The zero-order valence-electron chi connectivity index (χ0n) is 12.0. The Labute approximate surface area is 123 Å². The van der Waals surface area contributed by atoms with Gasteiger partial charge in [-0.15, -0.1) is 0 Å². The van der Waals surface area contributed by atoms with Gasteiger partial charge in [0.15, 0.2) is 0 Å². The van der Waals surface area contributed by atoms with E-state index in [2.05, 4.69) is 5.10 Å². The highest BCUT2D eigenvalue weighted by molar-refractivity contribution is 7.89. The van der Waals surface area contributed by atoms with E-state index in [1.54, 1.807) is 13.8 Å². The summed E-state index contributed by atoms with van der Waals surface area (Å²) in [6, 6.07) is 0. The van der Waals surface area contributed by atoms with E-state index < -0.39 is 16.0 Å². The predicted octanol–water partition coefficient (Wildman–Crippen LogP) is -0.413. The van der Waals surface area contributed by atoms with Crippen LogP contribution in [0.15, 0.2) is 4.90 Å². The highest BCUT2D eigenvalue weighted by Crippen LogP contribution is 2.28. The first-order valence-corrected chi connectivity index (χ1v) is 8.08. The molecule has 2 N–H and O–H groups in total. The molecule has 0 bridgehead atoms. The number of aryl methyl sites for hydroxylation is 1. The predicted molar refractivity (Wildman–Crippen MR) is 73.3 cm³/mol. The van der Waals surface area contributed by atoms with Gasteiger partial charge in [-0.2, -0.15) is 9.40 Å². The van der Waals surface area contributed by atoms with Gasteiger partial charge in [-0.1, -0.05) is 0 Å². The van der Waals surface area contributed by atoms with Crippen LogP contribution >= 0.6 is 0 Å². The smallest absolute Gasteiger partial charge is 0.325 e. The first kappa shape index (κ1) is 15.9. The van der Waals surface area contributed by atoms with Gasteiger partial charge in [0.1, 0.15) is 11.4 Å². The van der Waals surface area contributed by atoms with Crippen molar-refractivity contribution in [3.63, 3.8) is 0 Å². The molecule has 1 saturated heterocycles. The van der Waals surface area contributed by atoms with Crippen molar-refractivity contribution >= 4 is 16.0 Å². The summed E-state index contributed by atoms with van der Waals surface area (Å²) < 4.78 is 27.9. The third-order valence-electron chi connectivity index (χ3n) is 3.70. The lowest BCUT2D eigenvalue weighted by molar-refractivity contribution is -0.137. The zero-order valence-corrected chi connectivity index (χ0v) is 12.8. The lowest BCUT2D eigenvalue weighted by Gasteiger charge is -2.16. The summed E-state index contributed by atoms with van der Waals surface area (Å²) in [4.78, 5) is 10.9. The van der Waals surface area contributed by atoms with E-state index in [9.17, 15) is 13.2 Å². The van der Waals surface area contributed by atoms with Gasteiger partial charge in [-0.05, 0) is 26.2 Å². The summed E-state index contributed by atoms with van der Waals surface area (Å²) in [5.74, 6) is -1.12. The molecule has 1 fully saturated rings. The number of aliphatic hydroxyl groups excluding tert-OH is 1. The molecule has 0 aliphatic carbocycles. The molecule has 1 aromatic heterocycles. The van der Waals surface area contributed by atoms with E-state index in [1.165, 1.54) is 8.99 Å². The minimum Gasteiger partial charge on any atom is -0.480 e. The highest BCUT2D eigenvalue weighted by Gasteiger charge is 2.35. The van der Waals surface area contributed by atoms with Crippen molar-refractivity contribution in [2.24, 2.45) is 5.92 Å². The molecule has 2 rings (SSSR count). The maximum Gasteiger partial charge on any atom is 0.325 e. The van der Waals surface area contributed by atoms with E-state index in [-0.39, 0.29) is 30.5 Å². The molecule has 0 saturated carbocycles. The van der Waals surface area contributed by atoms with Crippen LogP contribution in [0.5, 0.6) is 0 Å². The summed E-state index contributed by atoms with van der Waals surface area (Å²) in [5.41, 5.74) is 0.614. The van der Waals surface area contributed by atoms with Crippen LogP contribution in [0.3, 0.4) is 0 Å². The number of sulfonamides is 1. The minimum absolute atomic E-state index is 0.0394. The lowest BCUT2D eigenvalue weighted by atomic mass is 10.1. The molecule has 8 nitrogen and oxygen atoms in total. The molecule has 118 valence electrons. The fraction of sp³-hybridized carbons (Fsp3) is 0.667. The summed E-state index contributed by atoms with van der Waals surface area (Å²) in [6.45, 7) is 3.33. The van der Waals surface area contributed by atoms with Gasteiger partial charge in [0.25, 0.3) is 0 Å². The summed E-state index contributed by atoms with van der Waals surface area (Å²) in [5, 5.41) is 22.0. The zero-order chi connectivity index (χ0) is 15.8. The monoisotopic (exact) mass is 317 g/mol. The van der Waals surface area contributed by atoms with Gasteiger partial charge < -0.3 is 10.2 Å². The molecule has 9 heteroatoms. The van der Waals surface area contributed by atoms with Crippen LogP contribution < -0.4 is 0 Å². The number of hydrogen-bond acceptors (Lipinski definition) is 5. The number of carbonyl (C=O) groups is 1. The highest BCUT2D eigenvalue weighted by atomic mass is 32.2. The van der Waals surface area contributed by atoms with E-state index in [0.29, 0.717) is 24.4 Å². The van der Waals surface area contributed by atoms with Crippen molar-refractivity contribution < 1.29 is 23.4 Å². The van der Waals surface area contributed by atoms with Crippen LogP contribution in [0, 0.1) is 19.8 Å². The quantitative estimate of drug-likeness (QED) is 0.763. The van der Waals surface area contributed by atoms with Crippen molar-refractivity contribution in [1.29, 1.82) is 0 Å². The lowest BCUT2D eigenvalue weighted by Crippen LogP contribution is -2.30. The van der Waals surface area contributed by atoms with E-state index >= 15 is 0 Å². The molecule has 0 radical (unpaired) electrons. The maximum atomic E-state index is 12.7. The molecule has 2 heterocycles. The number of aromatic nitrogens is 2. The molecular formula is C12H19N3O5S. The van der Waals surface area contributed by atoms with Gasteiger partial charge in [0.05, 0.1) is 11.4 Å². The second kappa shape index (κ2) is 5.74. The van der Waals surface area contributed by atoms with Crippen molar-refractivity contribution in [2.45, 2.75) is 31.7 Å². The van der Waals surface area contributed by atoms with E-state index in [0.717, 1.165) is 0 Å². The Bertz CT molecular complexity index is 652. The number of carboxylic acid groups (broad SMARTS) is 1. The number of hydrogen-bond donors (Lipinski definition) is 2. The average molecular weight is 317 g/mol. The van der Waals surface area contributed by atoms with Crippen LogP contribution in [0.4, 0.5) is 0 Å². The molecule has 0 amide bonds. The second-order valence-electron chi connectivity index (χ2n) is 5.25. The van der Waals surface area contributed by atoms with Crippen molar-refractivity contribution in [3.05, 3.63) is 11.4 Å². The number of aliphatic hydroxyl groups is 1. The maximum absolute atomic E-state index is 12.7. The van der Waals surface area contributed by atoms with Gasteiger partial charge in [-0.25, -0.2) is 8.42 Å². The Balaban J connectivity index is 2.37. The topological polar surface area (TPSA) is 113 Å². The van der Waals surface area contributed by atoms with Crippen LogP contribution in [0.1, 0.15) is 17.8 Å². The van der Waals surface area contributed by atoms with Crippen molar-refractivity contribution in [2.75, 3.05) is 19.7 Å². The van der Waals surface area contributed by atoms with Gasteiger partial charge in [0.2, 0.25) is 10.0 Å². The molecule has 1 aliphatic heterocycles. The Morgan fingerprint density at radius 3 is 2.62 bits per heavy atom. The number of aliphatic carboxylic acids is 1. The number of nitrogens with zero attached hydrogens (tertiary/aromatic N) is 3. The molecule has 1 unspecified atom stereocenters. The Hall–Kier alpha value is -1.45. The first-order chi connectivity index (χ1) is 9.77. The molecule has 1 aliphatic rings. The summed E-state index contributed by atoms with van der Waals surface area (Å²) in [7, 11) is -3.71.